The Balaban J connectivity index is 2.05. The van der Waals surface area contributed by atoms with Gasteiger partial charge in [0.2, 0.25) is 0 Å². The second kappa shape index (κ2) is 4.61. The average Bonchev–Trinajstić information content (AvgIpc) is 2.48. The van der Waals surface area contributed by atoms with Gasteiger partial charge in [0, 0.05) is 11.6 Å². The third kappa shape index (κ3) is 2.57. The summed E-state index contributed by atoms with van der Waals surface area (Å²) in [5.74, 6) is -0.544. The molecule has 0 unspecified atom stereocenters. The van der Waals surface area contributed by atoms with Gasteiger partial charge in [-0.1, -0.05) is 25.7 Å². The number of imide groups is 1. The van der Waals surface area contributed by atoms with Crippen molar-refractivity contribution in [3.8, 4) is 0 Å². The standard InChI is InChI=1S/C13H19NO3/c1-10-8-11(15)14(12(10)16)9-13(17)6-4-2-3-5-7-13/h8,17H,2-7,9H2,1H3. The van der Waals surface area contributed by atoms with Gasteiger partial charge in [-0.05, 0) is 19.8 Å². The lowest BCUT2D eigenvalue weighted by atomic mass is 9.94. The number of aliphatic hydroxyl groups is 1. The lowest BCUT2D eigenvalue weighted by molar-refractivity contribution is -0.141. The molecule has 0 aromatic rings. The summed E-state index contributed by atoms with van der Waals surface area (Å²) >= 11 is 0. The van der Waals surface area contributed by atoms with Crippen molar-refractivity contribution in [2.24, 2.45) is 0 Å². The fraction of sp³-hybridized carbons (Fsp3) is 0.692. The normalized spacial score (nSPS) is 24.8. The molecule has 1 fully saturated rings. The molecule has 1 N–H and O–H groups in total. The van der Waals surface area contributed by atoms with Crippen LogP contribution in [0.5, 0.6) is 0 Å². The van der Waals surface area contributed by atoms with Gasteiger partial charge in [-0.15, -0.1) is 0 Å². The molecule has 2 aliphatic rings. The van der Waals surface area contributed by atoms with Gasteiger partial charge in [-0.25, -0.2) is 0 Å². The van der Waals surface area contributed by atoms with E-state index in [1.54, 1.807) is 6.92 Å². The van der Waals surface area contributed by atoms with Crippen molar-refractivity contribution in [3.63, 3.8) is 0 Å². The molecule has 17 heavy (non-hydrogen) atoms. The first-order valence-corrected chi connectivity index (χ1v) is 6.28. The predicted molar refractivity (Wildman–Crippen MR) is 63.1 cm³/mol. The van der Waals surface area contributed by atoms with Crippen molar-refractivity contribution in [1.29, 1.82) is 0 Å². The first kappa shape index (κ1) is 12.3. The Morgan fingerprint density at radius 3 is 2.29 bits per heavy atom. The van der Waals surface area contributed by atoms with Gasteiger partial charge >= 0.3 is 0 Å². The molecule has 0 atom stereocenters. The molecule has 0 saturated heterocycles. The number of hydrogen-bond acceptors (Lipinski definition) is 3. The molecule has 0 radical (unpaired) electrons. The fourth-order valence-corrected chi connectivity index (χ4v) is 2.63. The minimum Gasteiger partial charge on any atom is -0.388 e. The van der Waals surface area contributed by atoms with E-state index in [4.69, 9.17) is 0 Å². The van der Waals surface area contributed by atoms with Gasteiger partial charge < -0.3 is 5.11 Å². The van der Waals surface area contributed by atoms with Crippen molar-refractivity contribution in [1.82, 2.24) is 4.90 Å². The highest BCUT2D eigenvalue weighted by Gasteiger charge is 2.37. The zero-order chi connectivity index (χ0) is 12.5. The van der Waals surface area contributed by atoms with Gasteiger partial charge in [-0.3, -0.25) is 14.5 Å². The predicted octanol–water partition coefficient (Wildman–Crippen LogP) is 1.39. The van der Waals surface area contributed by atoms with Crippen LogP contribution < -0.4 is 0 Å². The molecule has 4 nitrogen and oxygen atoms in total. The summed E-state index contributed by atoms with van der Waals surface area (Å²) in [5, 5.41) is 10.5. The highest BCUT2D eigenvalue weighted by Crippen LogP contribution is 2.29. The number of carbonyl (C=O) groups excluding carboxylic acids is 2. The highest BCUT2D eigenvalue weighted by atomic mass is 16.3. The van der Waals surface area contributed by atoms with Gasteiger partial charge in [0.25, 0.3) is 11.8 Å². The molecule has 1 aliphatic carbocycles. The average molecular weight is 237 g/mol. The monoisotopic (exact) mass is 237 g/mol. The van der Waals surface area contributed by atoms with Crippen LogP contribution in [0.2, 0.25) is 0 Å². The smallest absolute Gasteiger partial charge is 0.256 e. The largest absolute Gasteiger partial charge is 0.388 e. The van der Waals surface area contributed by atoms with Crippen molar-refractivity contribution in [2.75, 3.05) is 6.54 Å². The Hall–Kier alpha value is -1.16. The van der Waals surface area contributed by atoms with Crippen LogP contribution in [0.25, 0.3) is 0 Å². The Labute approximate surface area is 101 Å². The summed E-state index contributed by atoms with van der Waals surface area (Å²) in [5.41, 5.74) is -0.410. The number of rotatable bonds is 2. The van der Waals surface area contributed by atoms with Crippen LogP contribution in [-0.2, 0) is 9.59 Å². The van der Waals surface area contributed by atoms with Crippen molar-refractivity contribution < 1.29 is 14.7 Å². The molecule has 1 aliphatic heterocycles. The number of nitrogens with zero attached hydrogens (tertiary/aromatic N) is 1. The van der Waals surface area contributed by atoms with Crippen LogP contribution in [0.15, 0.2) is 11.6 Å². The van der Waals surface area contributed by atoms with E-state index in [2.05, 4.69) is 0 Å². The van der Waals surface area contributed by atoms with Crippen LogP contribution in [-0.4, -0.2) is 34.0 Å². The van der Waals surface area contributed by atoms with Gasteiger partial charge in [0.15, 0.2) is 0 Å². The zero-order valence-corrected chi connectivity index (χ0v) is 10.2. The summed E-state index contributed by atoms with van der Waals surface area (Å²) in [7, 11) is 0. The Kier molecular flexibility index (Phi) is 3.33. The Morgan fingerprint density at radius 2 is 1.82 bits per heavy atom. The quantitative estimate of drug-likeness (QED) is 0.583. The van der Waals surface area contributed by atoms with E-state index in [-0.39, 0.29) is 18.4 Å². The van der Waals surface area contributed by atoms with Crippen molar-refractivity contribution >= 4 is 11.8 Å². The summed E-state index contributed by atoms with van der Waals surface area (Å²) < 4.78 is 0. The lowest BCUT2D eigenvalue weighted by Crippen LogP contribution is -2.45. The van der Waals surface area contributed by atoms with E-state index in [0.29, 0.717) is 18.4 Å². The maximum Gasteiger partial charge on any atom is 0.256 e. The fourth-order valence-electron chi connectivity index (χ4n) is 2.63. The molecule has 2 rings (SSSR count). The topological polar surface area (TPSA) is 57.6 Å². The van der Waals surface area contributed by atoms with Crippen LogP contribution in [0.3, 0.4) is 0 Å². The molecule has 4 heteroatoms. The van der Waals surface area contributed by atoms with E-state index in [1.165, 1.54) is 11.0 Å². The Morgan fingerprint density at radius 1 is 1.24 bits per heavy atom. The summed E-state index contributed by atoms with van der Waals surface area (Å²) in [6.45, 7) is 1.79. The van der Waals surface area contributed by atoms with Crippen LogP contribution in [0, 0.1) is 0 Å². The van der Waals surface area contributed by atoms with E-state index in [1.807, 2.05) is 0 Å². The van der Waals surface area contributed by atoms with E-state index >= 15 is 0 Å². The minimum atomic E-state index is -0.875. The molecule has 0 bridgehead atoms. The number of β-amino-alcohol motifs (C(OH)–C–C–N with tert-alkyl or cyclic N) is 1. The van der Waals surface area contributed by atoms with E-state index in [9.17, 15) is 14.7 Å². The first-order chi connectivity index (χ1) is 8.02. The lowest BCUT2D eigenvalue weighted by Gasteiger charge is -2.30. The maximum absolute atomic E-state index is 11.7. The molecule has 0 aromatic carbocycles. The first-order valence-electron chi connectivity index (χ1n) is 6.28. The van der Waals surface area contributed by atoms with Gasteiger partial charge in [0.1, 0.15) is 0 Å². The number of amides is 2. The van der Waals surface area contributed by atoms with Crippen LogP contribution in [0.4, 0.5) is 0 Å². The molecule has 0 aromatic heterocycles. The number of hydrogen-bond donors (Lipinski definition) is 1. The molecule has 1 saturated carbocycles. The summed E-state index contributed by atoms with van der Waals surface area (Å²) in [4.78, 5) is 24.5. The molecule has 2 amide bonds. The summed E-state index contributed by atoms with van der Waals surface area (Å²) in [6.07, 6.45) is 6.91. The molecule has 0 spiro atoms. The highest BCUT2D eigenvalue weighted by molar-refractivity contribution is 6.15. The molecule has 94 valence electrons. The zero-order valence-electron chi connectivity index (χ0n) is 10.2. The molecular formula is C13H19NO3. The van der Waals surface area contributed by atoms with Crippen LogP contribution in [0.1, 0.15) is 45.4 Å². The SMILES string of the molecule is CC1=CC(=O)N(CC2(O)CCCCCC2)C1=O. The van der Waals surface area contributed by atoms with E-state index < -0.39 is 5.60 Å². The van der Waals surface area contributed by atoms with Crippen molar-refractivity contribution in [3.05, 3.63) is 11.6 Å². The maximum atomic E-state index is 11.7. The molecule has 1 heterocycles. The molecular weight excluding hydrogens is 218 g/mol. The van der Waals surface area contributed by atoms with Crippen LogP contribution >= 0.6 is 0 Å². The third-order valence-electron chi connectivity index (χ3n) is 3.68. The third-order valence-corrected chi connectivity index (χ3v) is 3.68. The number of carbonyl (C=O) groups is 2. The minimum absolute atomic E-state index is 0.151. The second-order valence-corrected chi connectivity index (χ2v) is 5.20. The van der Waals surface area contributed by atoms with E-state index in [0.717, 1.165) is 25.7 Å². The van der Waals surface area contributed by atoms with Crippen molar-refractivity contribution in [2.45, 2.75) is 51.0 Å². The summed E-state index contributed by atoms with van der Waals surface area (Å²) in [6, 6.07) is 0. The van der Waals surface area contributed by atoms with Gasteiger partial charge in [0.05, 0.1) is 12.1 Å². The Bertz CT molecular complexity index is 365. The van der Waals surface area contributed by atoms with Gasteiger partial charge in [-0.2, -0.15) is 0 Å². The second-order valence-electron chi connectivity index (χ2n) is 5.20.